The van der Waals surface area contributed by atoms with Gasteiger partial charge in [-0.15, -0.1) is 0 Å². The molecule has 0 saturated heterocycles. The summed E-state index contributed by atoms with van der Waals surface area (Å²) in [5.41, 5.74) is 1.61. The van der Waals surface area contributed by atoms with E-state index in [1.165, 1.54) is 25.1 Å². The summed E-state index contributed by atoms with van der Waals surface area (Å²) in [6.45, 7) is 1.26. The molecule has 0 fully saturated rings. The summed E-state index contributed by atoms with van der Waals surface area (Å²) in [4.78, 5) is 35.7. The van der Waals surface area contributed by atoms with Crippen LogP contribution in [0.1, 0.15) is 30.9 Å². The molecule has 3 N–H and O–H groups in total. The maximum atomic E-state index is 13.4. The summed E-state index contributed by atoms with van der Waals surface area (Å²) in [6.07, 6.45) is 1.58. The monoisotopic (exact) mass is 400 g/mol. The van der Waals surface area contributed by atoms with Crippen LogP contribution in [0.5, 0.6) is 0 Å². The molecule has 2 amide bonds. The maximum Gasteiger partial charge on any atom is 0.326 e. The van der Waals surface area contributed by atoms with E-state index in [2.05, 4.69) is 10.6 Å². The van der Waals surface area contributed by atoms with E-state index in [-0.39, 0.29) is 12.8 Å². The minimum Gasteiger partial charge on any atom is -0.480 e. The standard InChI is InChI=1S/C22H25FN2O4/c1-15(26)24-20(14-17-10-5-11-18(23)13-17)21(27)25-19(22(28)29)12-6-9-16-7-3-2-4-8-16/h2-5,7-8,10-11,13,19-20H,6,9,12,14H2,1H3,(H,24,26)(H,25,27)(H,28,29)/t19-,20-/m1/s1. The molecule has 0 aliphatic heterocycles. The zero-order valence-corrected chi connectivity index (χ0v) is 16.2. The third-order valence-electron chi connectivity index (χ3n) is 4.44. The maximum absolute atomic E-state index is 13.4. The summed E-state index contributed by atoms with van der Waals surface area (Å²) in [5, 5.41) is 14.5. The molecule has 0 aromatic heterocycles. The highest BCUT2D eigenvalue weighted by Crippen LogP contribution is 2.10. The zero-order valence-electron chi connectivity index (χ0n) is 16.2. The second kappa shape index (κ2) is 10.9. The Bertz CT molecular complexity index is 842. The average molecular weight is 400 g/mol. The van der Waals surface area contributed by atoms with Gasteiger partial charge in [-0.3, -0.25) is 9.59 Å². The Labute approximate surface area is 169 Å². The molecule has 0 unspecified atom stereocenters. The van der Waals surface area contributed by atoms with Crippen molar-refractivity contribution in [2.75, 3.05) is 0 Å². The summed E-state index contributed by atoms with van der Waals surface area (Å²) in [6, 6.07) is 13.3. The van der Waals surface area contributed by atoms with Crippen LogP contribution in [0.2, 0.25) is 0 Å². The highest BCUT2D eigenvalue weighted by atomic mass is 19.1. The molecule has 0 bridgehead atoms. The smallest absolute Gasteiger partial charge is 0.326 e. The van der Waals surface area contributed by atoms with Crippen LogP contribution < -0.4 is 10.6 Å². The first-order valence-corrected chi connectivity index (χ1v) is 9.44. The summed E-state index contributed by atoms with van der Waals surface area (Å²) < 4.78 is 13.4. The minimum atomic E-state index is -1.14. The Morgan fingerprint density at radius 2 is 1.66 bits per heavy atom. The van der Waals surface area contributed by atoms with Gasteiger partial charge in [0.2, 0.25) is 11.8 Å². The number of rotatable bonds is 10. The Balaban J connectivity index is 1.99. The van der Waals surface area contributed by atoms with Crippen molar-refractivity contribution in [3.05, 3.63) is 71.5 Å². The van der Waals surface area contributed by atoms with Gasteiger partial charge in [0.05, 0.1) is 0 Å². The lowest BCUT2D eigenvalue weighted by atomic mass is 10.0. The number of hydrogen-bond acceptors (Lipinski definition) is 3. The number of carboxylic acid groups (broad SMARTS) is 1. The van der Waals surface area contributed by atoms with Crippen molar-refractivity contribution in [2.45, 2.75) is 44.7 Å². The van der Waals surface area contributed by atoms with Crippen molar-refractivity contribution in [3.8, 4) is 0 Å². The lowest BCUT2D eigenvalue weighted by Gasteiger charge is -2.21. The van der Waals surface area contributed by atoms with E-state index in [0.717, 1.165) is 5.56 Å². The molecular weight excluding hydrogens is 375 g/mol. The molecule has 2 atom stereocenters. The predicted molar refractivity (Wildman–Crippen MR) is 107 cm³/mol. The van der Waals surface area contributed by atoms with Crippen LogP contribution in [0.3, 0.4) is 0 Å². The molecule has 7 heteroatoms. The second-order valence-electron chi connectivity index (χ2n) is 6.86. The van der Waals surface area contributed by atoms with Crippen molar-refractivity contribution in [3.63, 3.8) is 0 Å². The van der Waals surface area contributed by atoms with Crippen LogP contribution >= 0.6 is 0 Å². The molecule has 154 valence electrons. The molecule has 2 rings (SSSR count). The van der Waals surface area contributed by atoms with Gasteiger partial charge in [-0.1, -0.05) is 42.5 Å². The van der Waals surface area contributed by atoms with Crippen molar-refractivity contribution >= 4 is 17.8 Å². The van der Waals surface area contributed by atoms with Gasteiger partial charge in [0.25, 0.3) is 0 Å². The van der Waals surface area contributed by atoms with Crippen molar-refractivity contribution < 1.29 is 23.9 Å². The average Bonchev–Trinajstić information content (AvgIpc) is 2.67. The number of carbonyl (C=O) groups excluding carboxylic acids is 2. The summed E-state index contributed by atoms with van der Waals surface area (Å²) in [5.74, 6) is -2.64. The van der Waals surface area contributed by atoms with Crippen LogP contribution in [0, 0.1) is 5.82 Å². The van der Waals surface area contributed by atoms with E-state index >= 15 is 0 Å². The van der Waals surface area contributed by atoms with Gasteiger partial charge < -0.3 is 15.7 Å². The van der Waals surface area contributed by atoms with E-state index in [4.69, 9.17) is 0 Å². The second-order valence-corrected chi connectivity index (χ2v) is 6.86. The van der Waals surface area contributed by atoms with E-state index in [1.54, 1.807) is 6.07 Å². The van der Waals surface area contributed by atoms with Crippen molar-refractivity contribution in [1.29, 1.82) is 0 Å². The fourth-order valence-electron chi connectivity index (χ4n) is 3.04. The van der Waals surface area contributed by atoms with E-state index < -0.39 is 35.7 Å². The number of carboxylic acids is 1. The molecule has 0 heterocycles. The Morgan fingerprint density at radius 1 is 0.966 bits per heavy atom. The van der Waals surface area contributed by atoms with Gasteiger partial charge in [0.1, 0.15) is 17.9 Å². The molecule has 29 heavy (non-hydrogen) atoms. The highest BCUT2D eigenvalue weighted by molar-refractivity contribution is 5.90. The molecule has 6 nitrogen and oxygen atoms in total. The normalized spacial score (nSPS) is 12.6. The quantitative estimate of drug-likeness (QED) is 0.571. The largest absolute Gasteiger partial charge is 0.480 e. The molecule has 0 radical (unpaired) electrons. The molecule has 0 spiro atoms. The fourth-order valence-corrected chi connectivity index (χ4v) is 3.04. The fraction of sp³-hybridized carbons (Fsp3) is 0.318. The number of aliphatic carboxylic acids is 1. The Morgan fingerprint density at radius 3 is 2.28 bits per heavy atom. The molecule has 2 aromatic rings. The van der Waals surface area contributed by atoms with E-state index in [1.807, 2.05) is 30.3 Å². The number of benzene rings is 2. The summed E-state index contributed by atoms with van der Waals surface area (Å²) >= 11 is 0. The SMILES string of the molecule is CC(=O)N[C@H](Cc1cccc(F)c1)C(=O)N[C@H](CCCc1ccccc1)C(=O)O. The van der Waals surface area contributed by atoms with Crippen LogP contribution in [0.25, 0.3) is 0 Å². The first kappa shape index (κ1) is 22.1. The van der Waals surface area contributed by atoms with Gasteiger partial charge in [-0.2, -0.15) is 0 Å². The van der Waals surface area contributed by atoms with Gasteiger partial charge in [0.15, 0.2) is 0 Å². The zero-order chi connectivity index (χ0) is 21.2. The minimum absolute atomic E-state index is 0.0551. The number of halogens is 1. The Hall–Kier alpha value is -3.22. The van der Waals surface area contributed by atoms with Crippen LogP contribution in [0.15, 0.2) is 54.6 Å². The van der Waals surface area contributed by atoms with Crippen molar-refractivity contribution in [1.82, 2.24) is 10.6 Å². The molecule has 2 aromatic carbocycles. The molecule has 0 aliphatic carbocycles. The predicted octanol–water partition coefficient (Wildman–Crippen LogP) is 2.47. The third kappa shape index (κ3) is 7.73. The number of hydrogen-bond donors (Lipinski definition) is 3. The summed E-state index contributed by atoms with van der Waals surface area (Å²) in [7, 11) is 0. The molecule has 0 aliphatic rings. The van der Waals surface area contributed by atoms with Gasteiger partial charge in [-0.05, 0) is 42.5 Å². The first-order valence-electron chi connectivity index (χ1n) is 9.44. The van der Waals surface area contributed by atoms with Crippen LogP contribution in [-0.4, -0.2) is 35.0 Å². The topological polar surface area (TPSA) is 95.5 Å². The number of carbonyl (C=O) groups is 3. The third-order valence-corrected chi connectivity index (χ3v) is 4.44. The van der Waals surface area contributed by atoms with Gasteiger partial charge in [0, 0.05) is 13.3 Å². The van der Waals surface area contributed by atoms with Crippen molar-refractivity contribution in [2.24, 2.45) is 0 Å². The highest BCUT2D eigenvalue weighted by Gasteiger charge is 2.26. The van der Waals surface area contributed by atoms with Crippen LogP contribution in [-0.2, 0) is 27.2 Å². The van der Waals surface area contributed by atoms with Gasteiger partial charge in [-0.25, -0.2) is 9.18 Å². The molecule has 0 saturated carbocycles. The number of nitrogens with one attached hydrogen (secondary N) is 2. The number of amides is 2. The van der Waals surface area contributed by atoms with E-state index in [0.29, 0.717) is 18.4 Å². The van der Waals surface area contributed by atoms with Crippen LogP contribution in [0.4, 0.5) is 4.39 Å². The number of aryl methyl sites for hydroxylation is 1. The van der Waals surface area contributed by atoms with Gasteiger partial charge >= 0.3 is 5.97 Å². The van der Waals surface area contributed by atoms with E-state index in [9.17, 15) is 23.9 Å². The lowest BCUT2D eigenvalue weighted by Crippen LogP contribution is -2.52. The lowest BCUT2D eigenvalue weighted by molar-refractivity contribution is -0.142. The first-order chi connectivity index (χ1) is 13.8. The molecular formula is C22H25FN2O4. The Kier molecular flexibility index (Phi) is 8.33.